The number of hydrogen-bond acceptors (Lipinski definition) is 8. The number of aliphatic hydroxyl groups excluding tert-OH is 1. The van der Waals surface area contributed by atoms with Crippen molar-refractivity contribution in [3.8, 4) is 0 Å². The number of aliphatic hydroxyl groups is 1. The summed E-state index contributed by atoms with van der Waals surface area (Å²) in [5.74, 6) is -1.52. The minimum atomic E-state index is -0.811. The van der Waals surface area contributed by atoms with Crippen molar-refractivity contribution in [2.45, 2.75) is 65.3 Å². The fourth-order valence-corrected chi connectivity index (χ4v) is 6.26. The van der Waals surface area contributed by atoms with Crippen LogP contribution < -0.4 is 0 Å². The van der Waals surface area contributed by atoms with Crippen LogP contribution in [0.3, 0.4) is 0 Å². The van der Waals surface area contributed by atoms with E-state index in [9.17, 15) is 19.5 Å². The van der Waals surface area contributed by atoms with Gasteiger partial charge in [0.15, 0.2) is 0 Å². The Morgan fingerprint density at radius 3 is 2.62 bits per heavy atom. The van der Waals surface area contributed by atoms with Crippen LogP contribution in [0.15, 0.2) is 34.7 Å². The van der Waals surface area contributed by atoms with E-state index in [1.807, 2.05) is 6.92 Å². The van der Waals surface area contributed by atoms with Gasteiger partial charge in [0.25, 0.3) is 0 Å². The Hall–Kier alpha value is -2.61. The highest BCUT2D eigenvalue weighted by Gasteiger charge is 2.65. The van der Waals surface area contributed by atoms with E-state index in [1.165, 1.54) is 26.4 Å². The molecule has 1 aliphatic heterocycles. The fraction of sp³-hybridized carbons (Fsp3) is 0.625. The monoisotopic (exact) mass is 446 g/mol. The van der Waals surface area contributed by atoms with Crippen LogP contribution in [-0.2, 0) is 28.6 Å². The third-order valence-corrected chi connectivity index (χ3v) is 7.86. The zero-order valence-corrected chi connectivity index (χ0v) is 18.8. The predicted molar refractivity (Wildman–Crippen MR) is 111 cm³/mol. The van der Waals surface area contributed by atoms with Crippen LogP contribution in [0.2, 0.25) is 0 Å². The Morgan fingerprint density at radius 1 is 1.28 bits per heavy atom. The van der Waals surface area contributed by atoms with Crippen molar-refractivity contribution in [3.63, 3.8) is 0 Å². The smallest absolute Gasteiger partial charge is 0.334 e. The van der Waals surface area contributed by atoms with Crippen LogP contribution >= 0.6 is 0 Å². The lowest BCUT2D eigenvalue weighted by atomic mass is 9.45. The molecule has 1 aromatic heterocycles. The Labute approximate surface area is 186 Å². The van der Waals surface area contributed by atoms with E-state index < -0.39 is 41.1 Å². The number of carbonyl (C=O) groups excluding carboxylic acids is 3. The van der Waals surface area contributed by atoms with Crippen molar-refractivity contribution in [1.82, 2.24) is 0 Å². The summed E-state index contributed by atoms with van der Waals surface area (Å²) in [5.41, 5.74) is -0.108. The molecule has 8 heteroatoms. The molecule has 32 heavy (non-hydrogen) atoms. The SMILES string of the molecule is CC(=O)OC1C=C2C(=O)OC[C@@]23CC(OC(C)=O)[C@H](C)[C@@](C)(CC(O)c2ccoc2)[C@@H]3C1. The molecular weight excluding hydrogens is 416 g/mol. The van der Waals surface area contributed by atoms with Gasteiger partial charge in [-0.15, -0.1) is 0 Å². The van der Waals surface area contributed by atoms with E-state index >= 15 is 0 Å². The maximum atomic E-state index is 12.7. The van der Waals surface area contributed by atoms with Gasteiger partial charge in [-0.05, 0) is 48.7 Å². The van der Waals surface area contributed by atoms with E-state index in [1.54, 1.807) is 12.1 Å². The van der Waals surface area contributed by atoms with E-state index in [4.69, 9.17) is 18.6 Å². The lowest BCUT2D eigenvalue weighted by Crippen LogP contribution is -2.59. The van der Waals surface area contributed by atoms with Gasteiger partial charge in [-0.1, -0.05) is 13.8 Å². The zero-order valence-electron chi connectivity index (χ0n) is 18.8. The maximum absolute atomic E-state index is 12.7. The summed E-state index contributed by atoms with van der Waals surface area (Å²) in [6, 6.07) is 1.72. The molecule has 1 saturated heterocycles. The number of furan rings is 1. The van der Waals surface area contributed by atoms with Gasteiger partial charge in [-0.2, -0.15) is 0 Å². The highest BCUT2D eigenvalue weighted by atomic mass is 16.6. The van der Waals surface area contributed by atoms with Gasteiger partial charge in [0, 0.05) is 30.4 Å². The third kappa shape index (κ3) is 3.64. The largest absolute Gasteiger partial charge is 0.472 e. The normalized spacial score (nSPS) is 36.9. The maximum Gasteiger partial charge on any atom is 0.334 e. The van der Waals surface area contributed by atoms with E-state index in [0.29, 0.717) is 30.4 Å². The van der Waals surface area contributed by atoms with Crippen molar-refractivity contribution >= 4 is 17.9 Å². The molecule has 0 amide bonds. The average Bonchev–Trinajstić information content (AvgIpc) is 3.34. The molecule has 4 rings (SSSR count). The van der Waals surface area contributed by atoms with Crippen molar-refractivity contribution in [2.75, 3.05) is 6.61 Å². The molecule has 3 aliphatic rings. The van der Waals surface area contributed by atoms with E-state index in [2.05, 4.69) is 6.92 Å². The standard InChI is InChI=1S/C24H30O8/c1-13-20(32-15(3)26)10-24-12-30-22(28)18(24)7-17(31-14(2)25)8-21(24)23(13,4)9-19(27)16-5-6-29-11-16/h5-7,11,13,17,19-21,27H,8-10,12H2,1-4H3/t13-,17?,19?,20?,21-,23+,24-/m0/s1. The number of ether oxygens (including phenoxy) is 3. The highest BCUT2D eigenvalue weighted by Crippen LogP contribution is 2.65. The molecule has 1 aromatic rings. The molecular formula is C24H30O8. The first-order chi connectivity index (χ1) is 15.1. The molecule has 2 aliphatic carbocycles. The molecule has 3 unspecified atom stereocenters. The summed E-state index contributed by atoms with van der Waals surface area (Å²) in [6.45, 7) is 6.96. The highest BCUT2D eigenvalue weighted by molar-refractivity contribution is 5.93. The van der Waals surface area contributed by atoms with Gasteiger partial charge >= 0.3 is 17.9 Å². The van der Waals surface area contributed by atoms with Crippen LogP contribution in [0.1, 0.15) is 58.6 Å². The van der Waals surface area contributed by atoms with Gasteiger partial charge in [0.05, 0.1) is 18.6 Å². The van der Waals surface area contributed by atoms with Crippen LogP contribution in [0.25, 0.3) is 0 Å². The molecule has 1 N–H and O–H groups in total. The number of esters is 3. The van der Waals surface area contributed by atoms with Gasteiger partial charge in [-0.25, -0.2) is 4.79 Å². The third-order valence-electron chi connectivity index (χ3n) is 7.86. The molecule has 0 bridgehead atoms. The number of cyclic esters (lactones) is 1. The number of hydrogen-bond donors (Lipinski definition) is 1. The summed E-state index contributed by atoms with van der Waals surface area (Å²) < 4.78 is 21.9. The quantitative estimate of drug-likeness (QED) is 0.542. The first-order valence-electron chi connectivity index (χ1n) is 11.0. The number of carbonyl (C=O) groups is 3. The summed E-state index contributed by atoms with van der Waals surface area (Å²) in [7, 11) is 0. The van der Waals surface area contributed by atoms with Crippen LogP contribution in [0, 0.1) is 22.7 Å². The van der Waals surface area contributed by atoms with E-state index in [-0.39, 0.29) is 24.4 Å². The summed E-state index contributed by atoms with van der Waals surface area (Å²) in [5, 5.41) is 11.0. The Bertz CT molecular complexity index is 934. The second-order valence-electron chi connectivity index (χ2n) is 9.67. The molecule has 2 heterocycles. The van der Waals surface area contributed by atoms with Crippen molar-refractivity contribution in [2.24, 2.45) is 22.7 Å². The Balaban J connectivity index is 1.79. The van der Waals surface area contributed by atoms with Gasteiger partial charge in [-0.3, -0.25) is 9.59 Å². The lowest BCUT2D eigenvalue weighted by Gasteiger charge is -2.59. The number of rotatable bonds is 5. The molecule has 174 valence electrons. The summed E-state index contributed by atoms with van der Waals surface area (Å²) in [6.07, 6.45) is 4.18. The molecule has 1 saturated carbocycles. The van der Waals surface area contributed by atoms with Crippen molar-refractivity contribution in [3.05, 3.63) is 35.8 Å². The molecule has 1 spiro atoms. The van der Waals surface area contributed by atoms with Crippen LogP contribution in [0.4, 0.5) is 0 Å². The molecule has 0 radical (unpaired) electrons. The van der Waals surface area contributed by atoms with Gasteiger partial charge in [0.2, 0.25) is 0 Å². The van der Waals surface area contributed by atoms with E-state index in [0.717, 1.165) is 0 Å². The lowest BCUT2D eigenvalue weighted by molar-refractivity contribution is -0.181. The molecule has 7 atom stereocenters. The topological polar surface area (TPSA) is 112 Å². The van der Waals surface area contributed by atoms with Crippen molar-refractivity contribution < 1.29 is 38.1 Å². The van der Waals surface area contributed by atoms with Gasteiger partial charge < -0.3 is 23.7 Å². The minimum absolute atomic E-state index is 0.128. The van der Waals surface area contributed by atoms with Crippen LogP contribution in [0.5, 0.6) is 0 Å². The zero-order chi connectivity index (χ0) is 23.3. The molecule has 2 fully saturated rings. The first kappa shape index (κ1) is 22.6. The summed E-state index contributed by atoms with van der Waals surface area (Å²) in [4.78, 5) is 36.3. The first-order valence-corrected chi connectivity index (χ1v) is 11.0. The second-order valence-corrected chi connectivity index (χ2v) is 9.67. The predicted octanol–water partition coefficient (Wildman–Crippen LogP) is 3.10. The summed E-state index contributed by atoms with van der Waals surface area (Å²) >= 11 is 0. The van der Waals surface area contributed by atoms with Crippen LogP contribution in [-0.4, -0.2) is 41.8 Å². The second kappa shape index (κ2) is 8.06. The Morgan fingerprint density at radius 2 is 2.00 bits per heavy atom. The molecule has 8 nitrogen and oxygen atoms in total. The molecule has 0 aromatic carbocycles. The average molecular weight is 446 g/mol. The minimum Gasteiger partial charge on any atom is -0.472 e. The Kier molecular flexibility index (Phi) is 5.69. The fourth-order valence-electron chi connectivity index (χ4n) is 6.26. The van der Waals surface area contributed by atoms with Crippen molar-refractivity contribution in [1.29, 1.82) is 0 Å². The van der Waals surface area contributed by atoms with Gasteiger partial charge in [0.1, 0.15) is 18.8 Å².